The molecule has 0 aliphatic rings. The lowest BCUT2D eigenvalue weighted by Gasteiger charge is -2.18. The second-order valence-corrected chi connectivity index (χ2v) is 6.38. The Hall–Kier alpha value is -2.73. The number of nitrogens with one attached hydrogen (secondary N) is 1. The molecule has 0 atom stereocenters. The van der Waals surface area contributed by atoms with Gasteiger partial charge in [-0.15, -0.1) is 0 Å². The van der Waals surface area contributed by atoms with Gasteiger partial charge in [0.05, 0.1) is 5.02 Å². The Kier molecular flexibility index (Phi) is 5.63. The Bertz CT molecular complexity index is 888. The zero-order chi connectivity index (χ0) is 18.5. The van der Waals surface area contributed by atoms with Gasteiger partial charge >= 0.3 is 0 Å². The summed E-state index contributed by atoms with van der Waals surface area (Å²) in [5, 5.41) is 3.21. The van der Waals surface area contributed by atoms with Gasteiger partial charge < -0.3 is 10.2 Å². The number of hydrogen-bond donors (Lipinski definition) is 1. The Morgan fingerprint density at radius 1 is 1.12 bits per heavy atom. The number of rotatable bonds is 6. The minimum atomic E-state index is -0.451. The molecule has 2 aromatic heterocycles. The van der Waals surface area contributed by atoms with Crippen LogP contribution >= 0.6 is 11.6 Å². The molecule has 1 N–H and O–H groups in total. The summed E-state index contributed by atoms with van der Waals surface area (Å²) >= 11 is 5.83. The summed E-state index contributed by atoms with van der Waals surface area (Å²) in [5.74, 6) is 0.799. The second kappa shape index (κ2) is 8.10. The van der Waals surface area contributed by atoms with Crippen LogP contribution in [-0.4, -0.2) is 28.5 Å². The third kappa shape index (κ3) is 4.67. The fourth-order valence-corrected chi connectivity index (χ4v) is 2.64. The van der Waals surface area contributed by atoms with Crippen molar-refractivity contribution in [2.45, 2.75) is 13.3 Å². The summed E-state index contributed by atoms with van der Waals surface area (Å²) in [4.78, 5) is 15.1. The molecule has 0 aliphatic heterocycles. The van der Waals surface area contributed by atoms with Gasteiger partial charge in [-0.05, 0) is 49.2 Å². The van der Waals surface area contributed by atoms with Gasteiger partial charge in [0.25, 0.3) is 0 Å². The number of aromatic nitrogens is 3. The summed E-state index contributed by atoms with van der Waals surface area (Å²) in [5.41, 5.74) is 2.71. The van der Waals surface area contributed by atoms with Gasteiger partial charge in [-0.2, -0.15) is 4.98 Å². The summed E-state index contributed by atoms with van der Waals surface area (Å²) < 4.78 is 13.3. The number of hydrogen-bond acceptors (Lipinski definition) is 5. The van der Waals surface area contributed by atoms with Gasteiger partial charge in [-0.1, -0.05) is 11.6 Å². The van der Waals surface area contributed by atoms with Crippen molar-refractivity contribution in [3.05, 3.63) is 70.9 Å². The highest BCUT2D eigenvalue weighted by molar-refractivity contribution is 6.31. The van der Waals surface area contributed by atoms with E-state index >= 15 is 0 Å². The SMILES string of the molecule is Cc1cc(Nc2ccc(F)c(Cl)c2)nc(N(C)CCc2ccncc2)n1. The van der Waals surface area contributed by atoms with Crippen molar-refractivity contribution >= 4 is 29.1 Å². The van der Waals surface area contributed by atoms with Gasteiger partial charge in [0.15, 0.2) is 0 Å². The van der Waals surface area contributed by atoms with Crippen molar-refractivity contribution in [1.29, 1.82) is 0 Å². The molecule has 3 aromatic rings. The molecule has 1 aromatic carbocycles. The number of benzene rings is 1. The Morgan fingerprint density at radius 3 is 2.62 bits per heavy atom. The molecule has 0 bridgehead atoms. The zero-order valence-corrected chi connectivity index (χ0v) is 15.3. The van der Waals surface area contributed by atoms with Crippen molar-refractivity contribution < 1.29 is 4.39 Å². The van der Waals surface area contributed by atoms with E-state index in [1.54, 1.807) is 18.5 Å². The molecule has 0 amide bonds. The molecule has 0 radical (unpaired) electrons. The lowest BCUT2D eigenvalue weighted by Crippen LogP contribution is -2.23. The Labute approximate surface area is 156 Å². The van der Waals surface area contributed by atoms with E-state index in [9.17, 15) is 4.39 Å². The lowest BCUT2D eigenvalue weighted by atomic mass is 10.2. The molecule has 0 spiro atoms. The molecule has 0 aliphatic carbocycles. The summed E-state index contributed by atoms with van der Waals surface area (Å²) in [6.07, 6.45) is 4.44. The van der Waals surface area contributed by atoms with Crippen LogP contribution in [0.1, 0.15) is 11.3 Å². The van der Waals surface area contributed by atoms with Gasteiger partial charge in [0.2, 0.25) is 5.95 Å². The highest BCUT2D eigenvalue weighted by Gasteiger charge is 2.09. The zero-order valence-electron chi connectivity index (χ0n) is 14.6. The maximum absolute atomic E-state index is 13.3. The van der Waals surface area contributed by atoms with Crippen LogP contribution in [0.4, 0.5) is 21.8 Å². The third-order valence-electron chi connectivity index (χ3n) is 3.86. The van der Waals surface area contributed by atoms with E-state index in [0.717, 1.165) is 18.7 Å². The summed E-state index contributed by atoms with van der Waals surface area (Å²) in [6.45, 7) is 2.68. The first-order valence-electron chi connectivity index (χ1n) is 8.19. The van der Waals surface area contributed by atoms with Crippen molar-refractivity contribution in [2.75, 3.05) is 23.8 Å². The smallest absolute Gasteiger partial charge is 0.227 e. The van der Waals surface area contributed by atoms with Crippen LogP contribution < -0.4 is 10.2 Å². The first kappa shape index (κ1) is 18.1. The van der Waals surface area contributed by atoms with Crippen LogP contribution in [0.15, 0.2) is 48.8 Å². The first-order chi connectivity index (χ1) is 12.5. The molecule has 7 heteroatoms. The standard InChI is InChI=1S/C19H19ClFN5/c1-13-11-18(24-15-3-4-17(21)16(20)12-15)25-19(23-13)26(2)10-7-14-5-8-22-9-6-14/h3-6,8-9,11-12H,7,10H2,1-2H3,(H,23,24,25). The predicted octanol–water partition coefficient (Wildman–Crippen LogP) is 4.40. The van der Waals surface area contributed by atoms with E-state index in [1.807, 2.05) is 37.1 Å². The molecule has 0 unspecified atom stereocenters. The Balaban J connectivity index is 1.73. The van der Waals surface area contributed by atoms with Crippen molar-refractivity contribution in [3.63, 3.8) is 0 Å². The van der Waals surface area contributed by atoms with E-state index in [2.05, 4.69) is 20.3 Å². The maximum Gasteiger partial charge on any atom is 0.227 e. The summed E-state index contributed by atoms with van der Waals surface area (Å²) in [6, 6.07) is 10.3. The minimum Gasteiger partial charge on any atom is -0.343 e. The molecule has 26 heavy (non-hydrogen) atoms. The molecule has 134 valence electrons. The van der Waals surface area contributed by atoms with Gasteiger partial charge in [0.1, 0.15) is 11.6 Å². The van der Waals surface area contributed by atoms with E-state index in [4.69, 9.17) is 11.6 Å². The second-order valence-electron chi connectivity index (χ2n) is 5.98. The van der Waals surface area contributed by atoms with Gasteiger partial charge in [-0.3, -0.25) is 4.98 Å². The number of aryl methyl sites for hydroxylation is 1. The lowest BCUT2D eigenvalue weighted by molar-refractivity contribution is 0.628. The highest BCUT2D eigenvalue weighted by atomic mass is 35.5. The average Bonchev–Trinajstić information content (AvgIpc) is 2.63. The van der Waals surface area contributed by atoms with E-state index < -0.39 is 5.82 Å². The summed E-state index contributed by atoms with van der Waals surface area (Å²) in [7, 11) is 1.95. The van der Waals surface area contributed by atoms with Crippen molar-refractivity contribution in [1.82, 2.24) is 15.0 Å². The van der Waals surface area contributed by atoms with Crippen LogP contribution in [0.25, 0.3) is 0 Å². The molecule has 5 nitrogen and oxygen atoms in total. The maximum atomic E-state index is 13.3. The molecule has 0 saturated carbocycles. The van der Waals surface area contributed by atoms with E-state index in [0.29, 0.717) is 17.5 Å². The molecular weight excluding hydrogens is 353 g/mol. The number of pyridine rings is 1. The molecule has 0 saturated heterocycles. The van der Waals surface area contributed by atoms with Gasteiger partial charge in [-0.25, -0.2) is 9.37 Å². The predicted molar refractivity (Wildman–Crippen MR) is 103 cm³/mol. The largest absolute Gasteiger partial charge is 0.343 e. The van der Waals surface area contributed by atoms with Crippen LogP contribution in [0, 0.1) is 12.7 Å². The topological polar surface area (TPSA) is 53.9 Å². The number of likely N-dealkylation sites (N-methyl/N-ethyl adjacent to an activating group) is 1. The number of halogens is 2. The molecule has 3 rings (SSSR count). The molecule has 2 heterocycles. The van der Waals surface area contributed by atoms with Crippen LogP contribution in [0.5, 0.6) is 0 Å². The van der Waals surface area contributed by atoms with Crippen LogP contribution in [0.3, 0.4) is 0 Å². The van der Waals surface area contributed by atoms with E-state index in [1.165, 1.54) is 17.7 Å². The van der Waals surface area contributed by atoms with Crippen molar-refractivity contribution in [2.24, 2.45) is 0 Å². The Morgan fingerprint density at radius 2 is 1.88 bits per heavy atom. The van der Waals surface area contributed by atoms with Gasteiger partial charge in [0, 0.05) is 43.4 Å². The highest BCUT2D eigenvalue weighted by Crippen LogP contribution is 2.23. The average molecular weight is 372 g/mol. The quantitative estimate of drug-likeness (QED) is 0.696. The first-order valence-corrected chi connectivity index (χ1v) is 8.57. The number of nitrogens with zero attached hydrogens (tertiary/aromatic N) is 4. The molecule has 0 fully saturated rings. The van der Waals surface area contributed by atoms with Crippen LogP contribution in [-0.2, 0) is 6.42 Å². The van der Waals surface area contributed by atoms with Crippen LogP contribution in [0.2, 0.25) is 5.02 Å². The van der Waals surface area contributed by atoms with Crippen molar-refractivity contribution in [3.8, 4) is 0 Å². The minimum absolute atomic E-state index is 0.0653. The third-order valence-corrected chi connectivity index (χ3v) is 4.15. The fraction of sp³-hybridized carbons (Fsp3) is 0.211. The normalized spacial score (nSPS) is 10.6. The molecular formula is C19H19ClFN5. The monoisotopic (exact) mass is 371 g/mol. The number of anilines is 3. The fourth-order valence-electron chi connectivity index (χ4n) is 2.46. The van der Waals surface area contributed by atoms with E-state index in [-0.39, 0.29) is 5.02 Å².